The highest BCUT2D eigenvalue weighted by molar-refractivity contribution is 6.21. The van der Waals surface area contributed by atoms with E-state index in [1.807, 2.05) is 13.1 Å². The van der Waals surface area contributed by atoms with Crippen LogP contribution in [-0.2, 0) is 0 Å². The van der Waals surface area contributed by atoms with E-state index in [-0.39, 0.29) is 5.38 Å². The van der Waals surface area contributed by atoms with Gasteiger partial charge in [0.05, 0.1) is 5.38 Å². The Hall–Kier alpha value is -0.760. The van der Waals surface area contributed by atoms with Crippen LogP contribution in [0, 0.1) is 6.92 Å². The van der Waals surface area contributed by atoms with Crippen molar-refractivity contribution in [2.75, 3.05) is 11.4 Å². The third-order valence-corrected chi connectivity index (χ3v) is 3.69. The molecule has 1 aliphatic heterocycles. The average Bonchev–Trinajstić information content (AvgIpc) is 2.22. The van der Waals surface area contributed by atoms with E-state index in [1.165, 1.54) is 12.1 Å². The van der Waals surface area contributed by atoms with Gasteiger partial charge in [-0.25, -0.2) is 0 Å². The maximum atomic E-state index is 6.29. The van der Waals surface area contributed by atoms with Crippen LogP contribution in [0.1, 0.15) is 25.5 Å². The van der Waals surface area contributed by atoms with Crippen LogP contribution in [0.3, 0.4) is 0 Å². The number of rotatable bonds is 1. The molecule has 2 nitrogen and oxygen atoms in total. The molecule has 2 heterocycles. The second-order valence-electron chi connectivity index (χ2n) is 4.25. The number of piperidine rings is 1. The first-order valence-corrected chi connectivity index (χ1v) is 5.95. The number of aromatic nitrogens is 1. The minimum absolute atomic E-state index is 0.271. The Balaban J connectivity index is 2.22. The number of hydrogen-bond acceptors (Lipinski definition) is 2. The molecule has 15 heavy (non-hydrogen) atoms. The second kappa shape index (κ2) is 4.40. The lowest BCUT2D eigenvalue weighted by Gasteiger charge is -2.38. The lowest BCUT2D eigenvalue weighted by atomic mass is 10.0. The molecule has 1 aromatic heterocycles. The molecule has 2 atom stereocenters. The van der Waals surface area contributed by atoms with Crippen molar-refractivity contribution in [1.29, 1.82) is 0 Å². The van der Waals surface area contributed by atoms with E-state index in [4.69, 9.17) is 11.6 Å². The number of pyridine rings is 1. The molecule has 0 aliphatic carbocycles. The smallest absolute Gasteiger partial charge is 0.0537 e. The largest absolute Gasteiger partial charge is 0.367 e. The molecule has 0 saturated carbocycles. The summed E-state index contributed by atoms with van der Waals surface area (Å²) in [5.41, 5.74) is 2.32. The fraction of sp³-hybridized carbons (Fsp3) is 0.583. The molecule has 2 rings (SSSR count). The van der Waals surface area contributed by atoms with Gasteiger partial charge < -0.3 is 4.90 Å². The summed E-state index contributed by atoms with van der Waals surface area (Å²) in [6.07, 6.45) is 4.18. The molecule has 1 aromatic rings. The first-order valence-electron chi connectivity index (χ1n) is 5.52. The fourth-order valence-corrected chi connectivity index (χ4v) is 2.46. The lowest BCUT2D eigenvalue weighted by molar-refractivity contribution is 0.492. The molecule has 2 unspecified atom stereocenters. The standard InChI is InChI=1S/C12H17ClN2/c1-9-8-11(5-6-14-9)15-7-3-4-12(13)10(15)2/h5-6,8,10,12H,3-4,7H2,1-2H3. The molecule has 0 spiro atoms. The van der Waals surface area contributed by atoms with Crippen LogP contribution in [0.15, 0.2) is 18.3 Å². The SMILES string of the molecule is Cc1cc(N2CCCC(Cl)C2C)ccn1. The van der Waals surface area contributed by atoms with Gasteiger partial charge >= 0.3 is 0 Å². The zero-order valence-electron chi connectivity index (χ0n) is 9.28. The molecule has 1 aliphatic rings. The van der Waals surface area contributed by atoms with E-state index in [1.54, 1.807) is 0 Å². The Morgan fingerprint density at radius 2 is 2.33 bits per heavy atom. The van der Waals surface area contributed by atoms with Gasteiger partial charge in [0.1, 0.15) is 0 Å². The summed E-state index contributed by atoms with van der Waals surface area (Å²) >= 11 is 6.29. The molecule has 82 valence electrons. The van der Waals surface area contributed by atoms with Crippen LogP contribution in [0.5, 0.6) is 0 Å². The van der Waals surface area contributed by atoms with Gasteiger partial charge in [0, 0.05) is 30.2 Å². The number of anilines is 1. The van der Waals surface area contributed by atoms with Crippen LogP contribution < -0.4 is 4.90 Å². The minimum atomic E-state index is 0.271. The number of nitrogens with zero attached hydrogens (tertiary/aromatic N) is 2. The van der Waals surface area contributed by atoms with E-state index in [2.05, 4.69) is 28.9 Å². The Bertz CT molecular complexity index is 340. The van der Waals surface area contributed by atoms with Crippen molar-refractivity contribution in [2.24, 2.45) is 0 Å². The van der Waals surface area contributed by atoms with E-state index < -0.39 is 0 Å². The number of aryl methyl sites for hydroxylation is 1. The van der Waals surface area contributed by atoms with Crippen molar-refractivity contribution < 1.29 is 0 Å². The van der Waals surface area contributed by atoms with Crippen molar-refractivity contribution >= 4 is 17.3 Å². The summed E-state index contributed by atoms with van der Waals surface area (Å²) in [7, 11) is 0. The number of halogens is 1. The third kappa shape index (κ3) is 2.25. The number of alkyl halides is 1. The van der Waals surface area contributed by atoms with Crippen molar-refractivity contribution in [3.05, 3.63) is 24.0 Å². The molecule has 3 heteroatoms. The van der Waals surface area contributed by atoms with Crippen LogP contribution >= 0.6 is 11.6 Å². The zero-order valence-corrected chi connectivity index (χ0v) is 10.0. The third-order valence-electron chi connectivity index (χ3n) is 3.11. The first kappa shape index (κ1) is 10.7. The van der Waals surface area contributed by atoms with Gasteiger partial charge in [0.15, 0.2) is 0 Å². The predicted molar refractivity (Wildman–Crippen MR) is 64.7 cm³/mol. The summed E-state index contributed by atoms with van der Waals surface area (Å²) in [5.74, 6) is 0. The molecule has 0 aromatic carbocycles. The summed E-state index contributed by atoms with van der Waals surface area (Å²) in [6.45, 7) is 5.33. The van der Waals surface area contributed by atoms with Crippen molar-refractivity contribution in [3.63, 3.8) is 0 Å². The van der Waals surface area contributed by atoms with E-state index in [0.717, 1.165) is 18.7 Å². The van der Waals surface area contributed by atoms with Crippen molar-refractivity contribution in [3.8, 4) is 0 Å². The Kier molecular flexibility index (Phi) is 3.15. The topological polar surface area (TPSA) is 16.1 Å². The molecule has 1 fully saturated rings. The normalized spacial score (nSPS) is 26.7. The quantitative estimate of drug-likeness (QED) is 0.682. The zero-order chi connectivity index (χ0) is 10.8. The molecule has 1 saturated heterocycles. The predicted octanol–water partition coefficient (Wildman–Crippen LogP) is 2.99. The highest BCUT2D eigenvalue weighted by Crippen LogP contribution is 2.27. The van der Waals surface area contributed by atoms with Gasteiger partial charge in [0.2, 0.25) is 0 Å². The molecule has 0 N–H and O–H groups in total. The molecule has 0 amide bonds. The van der Waals surface area contributed by atoms with Crippen molar-refractivity contribution in [2.45, 2.75) is 38.1 Å². The highest BCUT2D eigenvalue weighted by Gasteiger charge is 2.26. The van der Waals surface area contributed by atoms with Crippen LogP contribution in [0.2, 0.25) is 0 Å². The fourth-order valence-electron chi connectivity index (χ4n) is 2.17. The highest BCUT2D eigenvalue weighted by atomic mass is 35.5. The van der Waals surface area contributed by atoms with Gasteiger partial charge in [-0.3, -0.25) is 4.98 Å². The van der Waals surface area contributed by atoms with E-state index >= 15 is 0 Å². The minimum Gasteiger partial charge on any atom is -0.367 e. The summed E-state index contributed by atoms with van der Waals surface area (Å²) in [6, 6.07) is 4.62. The van der Waals surface area contributed by atoms with Crippen LogP contribution in [0.25, 0.3) is 0 Å². The number of hydrogen-bond donors (Lipinski definition) is 0. The monoisotopic (exact) mass is 224 g/mol. The summed E-state index contributed by atoms with van der Waals surface area (Å²) in [4.78, 5) is 6.60. The summed E-state index contributed by atoms with van der Waals surface area (Å²) < 4.78 is 0. The van der Waals surface area contributed by atoms with E-state index in [0.29, 0.717) is 6.04 Å². The van der Waals surface area contributed by atoms with Gasteiger partial charge in [-0.15, -0.1) is 11.6 Å². The van der Waals surface area contributed by atoms with E-state index in [9.17, 15) is 0 Å². The van der Waals surface area contributed by atoms with Crippen LogP contribution in [0.4, 0.5) is 5.69 Å². The maximum Gasteiger partial charge on any atom is 0.0537 e. The maximum absolute atomic E-state index is 6.29. The van der Waals surface area contributed by atoms with Crippen LogP contribution in [-0.4, -0.2) is 22.9 Å². The second-order valence-corrected chi connectivity index (χ2v) is 4.81. The first-order chi connectivity index (χ1) is 7.18. The Morgan fingerprint density at radius 1 is 1.53 bits per heavy atom. The Morgan fingerprint density at radius 3 is 3.07 bits per heavy atom. The summed E-state index contributed by atoms with van der Waals surface area (Å²) in [5, 5.41) is 0.271. The molecule has 0 bridgehead atoms. The van der Waals surface area contributed by atoms with Crippen molar-refractivity contribution in [1.82, 2.24) is 4.98 Å². The Labute approximate surface area is 96.3 Å². The molecule has 0 radical (unpaired) electrons. The van der Waals surface area contributed by atoms with Gasteiger partial charge in [-0.1, -0.05) is 0 Å². The lowest BCUT2D eigenvalue weighted by Crippen LogP contribution is -2.44. The molecular weight excluding hydrogens is 208 g/mol. The average molecular weight is 225 g/mol. The van der Waals surface area contributed by atoms with Gasteiger partial charge in [0.25, 0.3) is 0 Å². The van der Waals surface area contributed by atoms with Gasteiger partial charge in [-0.2, -0.15) is 0 Å². The van der Waals surface area contributed by atoms with Gasteiger partial charge in [-0.05, 0) is 38.8 Å². The molecular formula is C12H17ClN2.